The summed E-state index contributed by atoms with van der Waals surface area (Å²) in [4.78, 5) is 8.95. The van der Waals surface area contributed by atoms with Crippen molar-refractivity contribution in [3.8, 4) is 0 Å². The molecule has 0 unspecified atom stereocenters. The van der Waals surface area contributed by atoms with Gasteiger partial charge in [0.1, 0.15) is 11.0 Å². The summed E-state index contributed by atoms with van der Waals surface area (Å²) in [6, 6.07) is 0. The third kappa shape index (κ3) is 4.92. The molecule has 1 rings (SSSR count). The Morgan fingerprint density at radius 2 is 1.82 bits per heavy atom. The van der Waals surface area contributed by atoms with Gasteiger partial charge in [-0.15, -0.1) is 0 Å². The normalized spacial score (nSPS) is 12.2. The van der Waals surface area contributed by atoms with E-state index in [4.69, 9.17) is 11.6 Å². The fourth-order valence-corrected chi connectivity index (χ4v) is 2.13. The molecule has 0 aliphatic carbocycles. The lowest BCUT2D eigenvalue weighted by molar-refractivity contribution is 0.399. The van der Waals surface area contributed by atoms with Gasteiger partial charge in [-0.3, -0.25) is 0 Å². The molecule has 0 saturated heterocycles. The Hall–Kier alpha value is -0.150. The molecular weight excluding hydrogens is 300 g/mol. The van der Waals surface area contributed by atoms with E-state index in [1.807, 2.05) is 0 Å². The minimum atomic E-state index is 0.173. The van der Waals surface area contributed by atoms with Crippen LogP contribution in [0.25, 0.3) is 0 Å². The van der Waals surface area contributed by atoms with Crippen LogP contribution in [0.4, 0.5) is 0 Å². The number of halogens is 2. The summed E-state index contributed by atoms with van der Waals surface area (Å²) in [6.07, 6.45) is 1.76. The van der Waals surface area contributed by atoms with E-state index in [2.05, 4.69) is 60.5 Å². The second-order valence-corrected chi connectivity index (χ2v) is 7.18. The van der Waals surface area contributed by atoms with Gasteiger partial charge in [0, 0.05) is 6.42 Å². The van der Waals surface area contributed by atoms with Crippen LogP contribution in [0.3, 0.4) is 0 Å². The lowest BCUT2D eigenvalue weighted by Gasteiger charge is -2.18. The van der Waals surface area contributed by atoms with Gasteiger partial charge in [0.25, 0.3) is 0 Å². The molecule has 0 aromatic carbocycles. The van der Waals surface area contributed by atoms with Crippen LogP contribution in [0.2, 0.25) is 5.15 Å². The molecule has 4 heteroatoms. The first-order valence-corrected chi connectivity index (χ1v) is 7.07. The molecule has 0 bridgehead atoms. The van der Waals surface area contributed by atoms with Gasteiger partial charge in [-0.1, -0.05) is 46.2 Å². The average molecular weight is 320 g/mol. The van der Waals surface area contributed by atoms with Crippen LogP contribution in [0.15, 0.2) is 4.47 Å². The van der Waals surface area contributed by atoms with Gasteiger partial charge in [-0.05, 0) is 33.7 Å². The van der Waals surface area contributed by atoms with Crippen molar-refractivity contribution in [2.45, 2.75) is 47.5 Å². The van der Waals surface area contributed by atoms with E-state index in [0.29, 0.717) is 11.1 Å². The van der Waals surface area contributed by atoms with Crippen LogP contribution < -0.4 is 0 Å². The first-order chi connectivity index (χ1) is 7.69. The number of hydrogen-bond donors (Lipinski definition) is 0. The molecule has 0 N–H and O–H groups in total. The molecule has 0 amide bonds. The van der Waals surface area contributed by atoms with Crippen molar-refractivity contribution in [1.29, 1.82) is 0 Å². The largest absolute Gasteiger partial charge is 0.237 e. The first-order valence-electron chi connectivity index (χ1n) is 5.90. The van der Waals surface area contributed by atoms with Gasteiger partial charge >= 0.3 is 0 Å². The van der Waals surface area contributed by atoms with Crippen molar-refractivity contribution in [3.63, 3.8) is 0 Å². The highest BCUT2D eigenvalue weighted by Gasteiger charge is 2.17. The lowest BCUT2D eigenvalue weighted by Crippen LogP contribution is -2.14. The second kappa shape index (κ2) is 5.66. The molecule has 96 valence electrons. The zero-order valence-electron chi connectivity index (χ0n) is 11.1. The Morgan fingerprint density at radius 1 is 1.24 bits per heavy atom. The summed E-state index contributed by atoms with van der Waals surface area (Å²) < 4.78 is 0.838. The molecule has 1 heterocycles. The average Bonchev–Trinajstić information content (AvgIpc) is 2.09. The third-order valence-corrected chi connectivity index (χ3v) is 3.55. The van der Waals surface area contributed by atoms with Crippen LogP contribution in [0.1, 0.15) is 46.1 Å². The fraction of sp³-hybridized carbons (Fsp3) is 0.692. The lowest BCUT2D eigenvalue weighted by atomic mass is 9.92. The molecule has 0 atom stereocenters. The number of rotatable bonds is 3. The monoisotopic (exact) mass is 318 g/mol. The van der Waals surface area contributed by atoms with E-state index in [1.165, 1.54) is 0 Å². The molecule has 0 aliphatic heterocycles. The smallest absolute Gasteiger partial charge is 0.147 e. The Kier molecular flexibility index (Phi) is 4.96. The quantitative estimate of drug-likeness (QED) is 0.756. The summed E-state index contributed by atoms with van der Waals surface area (Å²) in [5, 5.41) is 0.523. The van der Waals surface area contributed by atoms with Crippen molar-refractivity contribution >= 4 is 27.5 Å². The predicted molar refractivity (Wildman–Crippen MR) is 76.4 cm³/mol. The van der Waals surface area contributed by atoms with Crippen LogP contribution in [0.5, 0.6) is 0 Å². The Labute approximate surface area is 117 Å². The molecule has 1 aromatic heterocycles. The standard InChI is InChI=1S/C13H20BrClN2/c1-8(2)6-9-11(14)12(15)17-10(16-9)7-13(3,4)5/h8H,6-7H2,1-5H3. The number of aromatic nitrogens is 2. The summed E-state index contributed by atoms with van der Waals surface area (Å²) in [6.45, 7) is 10.9. The van der Waals surface area contributed by atoms with Gasteiger partial charge in [0.2, 0.25) is 0 Å². The molecule has 0 saturated carbocycles. The minimum Gasteiger partial charge on any atom is -0.237 e. The maximum atomic E-state index is 6.13. The van der Waals surface area contributed by atoms with Crippen molar-refractivity contribution in [2.75, 3.05) is 0 Å². The molecule has 1 aromatic rings. The summed E-state index contributed by atoms with van der Waals surface area (Å²) in [5.41, 5.74) is 1.19. The first kappa shape index (κ1) is 14.9. The van der Waals surface area contributed by atoms with Crippen LogP contribution >= 0.6 is 27.5 Å². The van der Waals surface area contributed by atoms with E-state index in [0.717, 1.165) is 28.8 Å². The van der Waals surface area contributed by atoms with E-state index in [-0.39, 0.29) is 5.41 Å². The van der Waals surface area contributed by atoms with Gasteiger partial charge < -0.3 is 0 Å². The van der Waals surface area contributed by atoms with E-state index >= 15 is 0 Å². The van der Waals surface area contributed by atoms with Crippen molar-refractivity contribution in [1.82, 2.24) is 9.97 Å². The Balaban J connectivity index is 3.06. The molecule has 0 spiro atoms. The third-order valence-electron chi connectivity index (χ3n) is 2.22. The highest BCUT2D eigenvalue weighted by atomic mass is 79.9. The van der Waals surface area contributed by atoms with Crippen molar-refractivity contribution < 1.29 is 0 Å². The number of nitrogens with zero attached hydrogens (tertiary/aromatic N) is 2. The van der Waals surface area contributed by atoms with Crippen LogP contribution in [-0.2, 0) is 12.8 Å². The van der Waals surface area contributed by atoms with Gasteiger partial charge in [0.15, 0.2) is 0 Å². The van der Waals surface area contributed by atoms with E-state index in [9.17, 15) is 0 Å². The highest BCUT2D eigenvalue weighted by molar-refractivity contribution is 9.10. The summed E-state index contributed by atoms with van der Waals surface area (Å²) in [5.74, 6) is 1.39. The molecule has 0 radical (unpaired) electrons. The van der Waals surface area contributed by atoms with E-state index in [1.54, 1.807) is 0 Å². The molecule has 0 fully saturated rings. The topological polar surface area (TPSA) is 25.8 Å². The van der Waals surface area contributed by atoms with Crippen molar-refractivity contribution in [2.24, 2.45) is 11.3 Å². The molecule has 0 aliphatic rings. The van der Waals surface area contributed by atoms with Crippen molar-refractivity contribution in [3.05, 3.63) is 21.1 Å². The molecule has 2 nitrogen and oxygen atoms in total. The van der Waals surface area contributed by atoms with Crippen LogP contribution in [0, 0.1) is 11.3 Å². The maximum Gasteiger partial charge on any atom is 0.147 e. The Morgan fingerprint density at radius 3 is 2.29 bits per heavy atom. The number of hydrogen-bond acceptors (Lipinski definition) is 2. The van der Waals surface area contributed by atoms with E-state index < -0.39 is 0 Å². The second-order valence-electron chi connectivity index (χ2n) is 6.03. The SMILES string of the molecule is CC(C)Cc1nc(CC(C)(C)C)nc(Cl)c1Br. The summed E-state index contributed by atoms with van der Waals surface area (Å²) in [7, 11) is 0. The highest BCUT2D eigenvalue weighted by Crippen LogP contribution is 2.27. The minimum absolute atomic E-state index is 0.173. The maximum absolute atomic E-state index is 6.13. The molecule has 17 heavy (non-hydrogen) atoms. The molecular formula is C13H20BrClN2. The zero-order valence-corrected chi connectivity index (χ0v) is 13.5. The predicted octanol–water partition coefficient (Wildman–Crippen LogP) is 4.68. The van der Waals surface area contributed by atoms with Crippen LogP contribution in [-0.4, -0.2) is 9.97 Å². The van der Waals surface area contributed by atoms with Gasteiger partial charge in [-0.2, -0.15) is 0 Å². The Bertz CT molecular complexity index is 397. The fourth-order valence-electron chi connectivity index (χ4n) is 1.59. The van der Waals surface area contributed by atoms with Gasteiger partial charge in [0.05, 0.1) is 10.2 Å². The zero-order chi connectivity index (χ0) is 13.2. The summed E-state index contributed by atoms with van der Waals surface area (Å²) >= 11 is 9.60. The van der Waals surface area contributed by atoms with Gasteiger partial charge in [-0.25, -0.2) is 9.97 Å².